The second-order valence-electron chi connectivity index (χ2n) is 6.50. The Labute approximate surface area is 146 Å². The summed E-state index contributed by atoms with van der Waals surface area (Å²) in [6.07, 6.45) is 1.06. The molecule has 0 aliphatic carbocycles. The van der Waals surface area contributed by atoms with Crippen molar-refractivity contribution in [1.82, 2.24) is 9.80 Å². The Bertz CT molecular complexity index is 595. The smallest absolute Gasteiger partial charge is 0.410 e. The van der Waals surface area contributed by atoms with Crippen LogP contribution in [0.4, 0.5) is 4.79 Å². The molecule has 1 aliphatic heterocycles. The molecule has 2 rings (SSSR count). The molecule has 1 fully saturated rings. The Morgan fingerprint density at radius 3 is 2.42 bits per heavy atom. The molecule has 0 saturated carbocycles. The third-order valence-corrected chi connectivity index (χ3v) is 4.42. The Hall–Kier alpha value is -1.96. The van der Waals surface area contributed by atoms with E-state index in [-0.39, 0.29) is 17.8 Å². The van der Waals surface area contributed by atoms with Gasteiger partial charge >= 0.3 is 6.09 Å². The second kappa shape index (κ2) is 7.74. The monoisotopic (exact) mass is 353 g/mol. The van der Waals surface area contributed by atoms with E-state index in [0.717, 1.165) is 4.73 Å². The van der Waals surface area contributed by atoms with Crippen molar-refractivity contribution in [3.63, 3.8) is 0 Å². The van der Waals surface area contributed by atoms with Gasteiger partial charge in [-0.05, 0) is 38.6 Å². The topological polar surface area (TPSA) is 76.8 Å². The molecule has 0 bridgehead atoms. The Morgan fingerprint density at radius 1 is 1.21 bits per heavy atom. The number of pyridine rings is 1. The first-order valence-electron chi connectivity index (χ1n) is 7.83. The molecule has 24 heavy (non-hydrogen) atoms. The zero-order chi connectivity index (χ0) is 17.7. The fourth-order valence-electron chi connectivity index (χ4n) is 2.22. The fourth-order valence-corrected chi connectivity index (χ4v) is 3.03. The first kappa shape index (κ1) is 18.4. The average Bonchev–Trinajstić information content (AvgIpc) is 2.52. The van der Waals surface area contributed by atoms with E-state index in [1.165, 1.54) is 18.0 Å². The molecule has 0 spiro atoms. The number of amides is 2. The summed E-state index contributed by atoms with van der Waals surface area (Å²) >= 11 is 1.22. The predicted octanol–water partition coefficient (Wildman–Crippen LogP) is 1.49. The minimum Gasteiger partial charge on any atom is -0.618 e. The van der Waals surface area contributed by atoms with Gasteiger partial charge in [0.15, 0.2) is 6.20 Å². The van der Waals surface area contributed by atoms with Crippen molar-refractivity contribution < 1.29 is 19.1 Å². The van der Waals surface area contributed by atoms with E-state index >= 15 is 0 Å². The first-order valence-corrected chi connectivity index (χ1v) is 8.81. The summed E-state index contributed by atoms with van der Waals surface area (Å²) in [7, 11) is 0. The number of ether oxygens (including phenoxy) is 1. The molecular weight excluding hydrogens is 330 g/mol. The summed E-state index contributed by atoms with van der Waals surface area (Å²) in [6, 6.07) is 5.10. The van der Waals surface area contributed by atoms with Gasteiger partial charge in [-0.1, -0.05) is 0 Å². The lowest BCUT2D eigenvalue weighted by Crippen LogP contribution is -2.52. The summed E-state index contributed by atoms with van der Waals surface area (Å²) in [5.41, 5.74) is -0.524. The van der Waals surface area contributed by atoms with Crippen LogP contribution >= 0.6 is 11.8 Å². The minimum absolute atomic E-state index is 0.0345. The predicted molar refractivity (Wildman–Crippen MR) is 90.5 cm³/mol. The first-order chi connectivity index (χ1) is 11.3. The maximum Gasteiger partial charge on any atom is 0.410 e. The number of carbonyl (C=O) groups is 2. The van der Waals surface area contributed by atoms with Gasteiger partial charge in [0.1, 0.15) is 5.60 Å². The van der Waals surface area contributed by atoms with Gasteiger partial charge in [0.05, 0.1) is 5.75 Å². The zero-order valence-corrected chi connectivity index (χ0v) is 15.0. The van der Waals surface area contributed by atoms with Crippen LogP contribution < -0.4 is 4.73 Å². The molecule has 0 N–H and O–H groups in total. The van der Waals surface area contributed by atoms with Crippen molar-refractivity contribution in [3.8, 4) is 0 Å². The van der Waals surface area contributed by atoms with Crippen molar-refractivity contribution in [1.29, 1.82) is 0 Å². The molecule has 2 amide bonds. The number of thioether (sulfide) groups is 1. The normalized spacial score (nSPS) is 15.3. The van der Waals surface area contributed by atoms with Crippen molar-refractivity contribution in [3.05, 3.63) is 29.6 Å². The van der Waals surface area contributed by atoms with E-state index in [1.54, 1.807) is 28.0 Å². The van der Waals surface area contributed by atoms with Crippen LogP contribution in [0.15, 0.2) is 29.4 Å². The van der Waals surface area contributed by atoms with Crippen molar-refractivity contribution in [2.24, 2.45) is 0 Å². The van der Waals surface area contributed by atoms with Crippen LogP contribution in [-0.2, 0) is 9.53 Å². The van der Waals surface area contributed by atoms with Gasteiger partial charge in [0.2, 0.25) is 5.91 Å². The van der Waals surface area contributed by atoms with Gasteiger partial charge in [-0.3, -0.25) is 4.79 Å². The van der Waals surface area contributed by atoms with Crippen LogP contribution in [0.1, 0.15) is 20.8 Å². The molecule has 1 aliphatic rings. The quantitative estimate of drug-likeness (QED) is 0.467. The zero-order valence-electron chi connectivity index (χ0n) is 14.2. The molecular formula is C16H23N3O4S. The van der Waals surface area contributed by atoms with Gasteiger partial charge in [0.25, 0.3) is 5.03 Å². The highest BCUT2D eigenvalue weighted by Gasteiger charge is 2.27. The average molecular weight is 353 g/mol. The van der Waals surface area contributed by atoms with E-state index in [4.69, 9.17) is 4.74 Å². The van der Waals surface area contributed by atoms with Crippen LogP contribution in [0.5, 0.6) is 0 Å². The molecule has 1 aromatic heterocycles. The van der Waals surface area contributed by atoms with Gasteiger partial charge < -0.3 is 19.7 Å². The van der Waals surface area contributed by atoms with E-state index in [0.29, 0.717) is 31.2 Å². The highest BCUT2D eigenvalue weighted by Crippen LogP contribution is 2.15. The molecule has 8 heteroatoms. The lowest BCUT2D eigenvalue weighted by atomic mass is 10.2. The van der Waals surface area contributed by atoms with Gasteiger partial charge in [-0.2, -0.15) is 4.73 Å². The largest absolute Gasteiger partial charge is 0.618 e. The Kier molecular flexibility index (Phi) is 5.93. The van der Waals surface area contributed by atoms with Gasteiger partial charge in [0, 0.05) is 38.3 Å². The SMILES string of the molecule is CC(C)(C)OC(=O)N1CCN(C(=O)CSc2cccc[n+]2[O-])CC1. The number of piperazine rings is 1. The van der Waals surface area contributed by atoms with Gasteiger partial charge in [-0.25, -0.2) is 4.79 Å². The maximum atomic E-state index is 12.2. The number of aromatic nitrogens is 1. The van der Waals surface area contributed by atoms with Crippen LogP contribution in [0.3, 0.4) is 0 Å². The van der Waals surface area contributed by atoms with Crippen molar-refractivity contribution in [2.45, 2.75) is 31.4 Å². The molecule has 7 nitrogen and oxygen atoms in total. The van der Waals surface area contributed by atoms with E-state index in [2.05, 4.69) is 0 Å². The second-order valence-corrected chi connectivity index (χ2v) is 7.50. The molecule has 0 unspecified atom stereocenters. The Balaban J connectivity index is 1.78. The van der Waals surface area contributed by atoms with E-state index in [1.807, 2.05) is 20.8 Å². The summed E-state index contributed by atoms with van der Waals surface area (Å²) in [6.45, 7) is 7.35. The Morgan fingerprint density at radius 2 is 1.83 bits per heavy atom. The molecule has 0 atom stereocenters. The molecule has 2 heterocycles. The third-order valence-electron chi connectivity index (χ3n) is 3.42. The van der Waals surface area contributed by atoms with Gasteiger partial charge in [-0.15, -0.1) is 0 Å². The van der Waals surface area contributed by atoms with Crippen molar-refractivity contribution >= 4 is 23.8 Å². The number of nitrogens with zero attached hydrogens (tertiary/aromatic N) is 3. The number of hydrogen-bond donors (Lipinski definition) is 0. The standard InChI is InChI=1S/C16H23N3O4S/c1-16(2,3)23-15(21)18-10-8-17(9-11-18)13(20)12-24-14-6-4-5-7-19(14)22/h4-7H,8-12H2,1-3H3. The highest BCUT2D eigenvalue weighted by molar-refractivity contribution is 7.99. The van der Waals surface area contributed by atoms with Crippen molar-refractivity contribution in [2.75, 3.05) is 31.9 Å². The summed E-state index contributed by atoms with van der Waals surface area (Å²) in [4.78, 5) is 27.6. The number of rotatable bonds is 3. The third kappa shape index (κ3) is 5.30. The molecule has 132 valence electrons. The summed E-state index contributed by atoms with van der Waals surface area (Å²) < 4.78 is 6.08. The van der Waals surface area contributed by atoms with Crippen LogP contribution in [0, 0.1) is 5.21 Å². The minimum atomic E-state index is -0.524. The lowest BCUT2D eigenvalue weighted by Gasteiger charge is -2.35. The number of carbonyl (C=O) groups excluding carboxylic acids is 2. The highest BCUT2D eigenvalue weighted by atomic mass is 32.2. The van der Waals surface area contributed by atoms with E-state index in [9.17, 15) is 14.8 Å². The summed E-state index contributed by atoms with van der Waals surface area (Å²) in [5.74, 6) is 0.172. The molecule has 0 radical (unpaired) electrons. The summed E-state index contributed by atoms with van der Waals surface area (Å²) in [5, 5.41) is 12.1. The number of hydrogen-bond acceptors (Lipinski definition) is 5. The fraction of sp³-hybridized carbons (Fsp3) is 0.562. The molecule has 1 aromatic rings. The van der Waals surface area contributed by atoms with Crippen LogP contribution in [-0.4, -0.2) is 59.3 Å². The van der Waals surface area contributed by atoms with E-state index < -0.39 is 5.60 Å². The molecule has 1 saturated heterocycles. The lowest BCUT2D eigenvalue weighted by molar-refractivity contribution is -0.645. The van der Waals surface area contributed by atoms with Crippen LogP contribution in [0.25, 0.3) is 0 Å². The maximum absolute atomic E-state index is 12.2. The molecule has 0 aromatic carbocycles. The van der Waals surface area contributed by atoms with Crippen LogP contribution in [0.2, 0.25) is 0 Å².